The van der Waals surface area contributed by atoms with Crippen LogP contribution < -0.4 is 0 Å². The van der Waals surface area contributed by atoms with Gasteiger partial charge in [-0.05, 0) is 45.4 Å². The summed E-state index contributed by atoms with van der Waals surface area (Å²) >= 11 is 0. The van der Waals surface area contributed by atoms with E-state index in [0.29, 0.717) is 0 Å². The number of hydrogen-bond acceptors (Lipinski definition) is 3. The van der Waals surface area contributed by atoms with Gasteiger partial charge in [0.25, 0.3) is 0 Å². The summed E-state index contributed by atoms with van der Waals surface area (Å²) in [4.78, 5) is 0. The van der Waals surface area contributed by atoms with E-state index in [1.165, 1.54) is 0 Å². The van der Waals surface area contributed by atoms with Crippen LogP contribution in [0.4, 0.5) is 0 Å². The number of rotatable bonds is 2. The van der Waals surface area contributed by atoms with Crippen LogP contribution in [0.3, 0.4) is 0 Å². The molecule has 2 rings (SSSR count). The average Bonchev–Trinajstić information content (AvgIpc) is 2.45. The number of hydrogen-bond donors (Lipinski definition) is 1. The SMILES string of the molecule is CC1(C)OB(C=Cc2cccc(O)c2)OC1(C)C. The van der Waals surface area contributed by atoms with E-state index in [4.69, 9.17) is 9.31 Å². The lowest BCUT2D eigenvalue weighted by Gasteiger charge is -2.32. The molecule has 0 aromatic heterocycles. The quantitative estimate of drug-likeness (QED) is 0.815. The Balaban J connectivity index is 2.08. The van der Waals surface area contributed by atoms with Crippen molar-refractivity contribution in [3.8, 4) is 5.75 Å². The van der Waals surface area contributed by atoms with Gasteiger partial charge in [-0.1, -0.05) is 24.2 Å². The average molecular weight is 246 g/mol. The van der Waals surface area contributed by atoms with Crippen molar-refractivity contribution in [2.45, 2.75) is 38.9 Å². The zero-order chi connectivity index (χ0) is 13.4. The zero-order valence-corrected chi connectivity index (χ0v) is 11.3. The van der Waals surface area contributed by atoms with Crippen molar-refractivity contribution < 1.29 is 14.4 Å². The summed E-state index contributed by atoms with van der Waals surface area (Å²) in [6, 6.07) is 7.06. The lowest BCUT2D eigenvalue weighted by molar-refractivity contribution is 0.00578. The molecule has 1 aromatic carbocycles. The summed E-state index contributed by atoms with van der Waals surface area (Å²) in [5.74, 6) is 2.12. The molecule has 0 amide bonds. The molecular formula is C14H19BO3. The molecule has 3 nitrogen and oxygen atoms in total. The predicted octanol–water partition coefficient (Wildman–Crippen LogP) is 3.04. The molecule has 1 saturated heterocycles. The van der Waals surface area contributed by atoms with Gasteiger partial charge in [-0.2, -0.15) is 0 Å². The second-order valence-electron chi connectivity index (χ2n) is 5.58. The minimum absolute atomic E-state index is 0.256. The first-order valence-electron chi connectivity index (χ1n) is 6.13. The maximum atomic E-state index is 9.37. The topological polar surface area (TPSA) is 38.7 Å². The fraction of sp³-hybridized carbons (Fsp3) is 0.429. The third kappa shape index (κ3) is 2.60. The molecule has 0 saturated carbocycles. The maximum absolute atomic E-state index is 9.37. The van der Waals surface area contributed by atoms with Crippen LogP contribution in [0.5, 0.6) is 5.75 Å². The smallest absolute Gasteiger partial charge is 0.487 e. The molecule has 1 aliphatic heterocycles. The van der Waals surface area contributed by atoms with E-state index in [2.05, 4.69) is 0 Å². The van der Waals surface area contributed by atoms with Crippen molar-refractivity contribution in [1.82, 2.24) is 0 Å². The Morgan fingerprint density at radius 1 is 1.11 bits per heavy atom. The van der Waals surface area contributed by atoms with E-state index < -0.39 is 0 Å². The van der Waals surface area contributed by atoms with E-state index >= 15 is 0 Å². The van der Waals surface area contributed by atoms with Gasteiger partial charge in [0.2, 0.25) is 0 Å². The van der Waals surface area contributed by atoms with Crippen LogP contribution in [0.1, 0.15) is 33.3 Å². The Morgan fingerprint density at radius 2 is 1.72 bits per heavy atom. The summed E-state index contributed by atoms with van der Waals surface area (Å²) in [5.41, 5.74) is 0.284. The second kappa shape index (κ2) is 4.45. The number of phenolic OH excluding ortho intramolecular Hbond substituents is 1. The Hall–Kier alpha value is -1.26. The van der Waals surface area contributed by atoms with Gasteiger partial charge in [0.15, 0.2) is 0 Å². The Morgan fingerprint density at radius 3 is 2.28 bits per heavy atom. The van der Waals surface area contributed by atoms with Crippen molar-refractivity contribution >= 4 is 13.2 Å². The van der Waals surface area contributed by atoms with Crippen molar-refractivity contribution in [2.75, 3.05) is 0 Å². The first-order valence-corrected chi connectivity index (χ1v) is 6.13. The molecular weight excluding hydrogens is 227 g/mol. The monoisotopic (exact) mass is 246 g/mol. The van der Waals surface area contributed by atoms with Crippen LogP contribution in [0.25, 0.3) is 6.08 Å². The predicted molar refractivity (Wildman–Crippen MR) is 73.2 cm³/mol. The van der Waals surface area contributed by atoms with Crippen LogP contribution in [-0.4, -0.2) is 23.4 Å². The fourth-order valence-electron chi connectivity index (χ4n) is 1.79. The maximum Gasteiger partial charge on any atom is 0.487 e. The van der Waals surface area contributed by atoms with Gasteiger partial charge in [0.05, 0.1) is 11.2 Å². The molecule has 1 heterocycles. The number of aromatic hydroxyl groups is 1. The van der Waals surface area contributed by atoms with E-state index in [9.17, 15) is 5.11 Å². The molecule has 1 aromatic rings. The largest absolute Gasteiger partial charge is 0.508 e. The Labute approximate surface area is 109 Å². The van der Waals surface area contributed by atoms with E-state index in [0.717, 1.165) is 5.56 Å². The second-order valence-corrected chi connectivity index (χ2v) is 5.58. The first kappa shape index (κ1) is 13.2. The molecule has 0 bridgehead atoms. The molecule has 1 N–H and O–H groups in total. The Kier molecular flexibility index (Phi) is 3.26. The first-order chi connectivity index (χ1) is 8.30. The molecule has 96 valence electrons. The lowest BCUT2D eigenvalue weighted by Crippen LogP contribution is -2.41. The van der Waals surface area contributed by atoms with Crippen LogP contribution in [0, 0.1) is 0 Å². The highest BCUT2D eigenvalue weighted by Crippen LogP contribution is 2.37. The molecule has 0 atom stereocenters. The summed E-state index contributed by atoms with van der Waals surface area (Å²) in [5, 5.41) is 9.37. The fourth-order valence-corrected chi connectivity index (χ4v) is 1.79. The van der Waals surface area contributed by atoms with Gasteiger partial charge < -0.3 is 14.4 Å². The van der Waals surface area contributed by atoms with Crippen molar-refractivity contribution in [1.29, 1.82) is 0 Å². The van der Waals surface area contributed by atoms with Gasteiger partial charge in [-0.3, -0.25) is 0 Å². The van der Waals surface area contributed by atoms with E-state index in [-0.39, 0.29) is 24.1 Å². The van der Waals surface area contributed by atoms with Crippen molar-refractivity contribution in [2.24, 2.45) is 0 Å². The van der Waals surface area contributed by atoms with Gasteiger partial charge in [-0.15, -0.1) is 0 Å². The normalized spacial score (nSPS) is 21.7. The lowest BCUT2D eigenvalue weighted by atomic mass is 9.89. The van der Waals surface area contributed by atoms with Gasteiger partial charge in [0, 0.05) is 0 Å². The summed E-state index contributed by atoms with van der Waals surface area (Å²) in [7, 11) is -0.350. The summed E-state index contributed by atoms with van der Waals surface area (Å²) in [6.07, 6.45) is 1.89. The third-order valence-corrected chi connectivity index (χ3v) is 3.59. The van der Waals surface area contributed by atoms with Crippen LogP contribution in [0.15, 0.2) is 30.2 Å². The van der Waals surface area contributed by atoms with Crippen LogP contribution >= 0.6 is 0 Å². The van der Waals surface area contributed by atoms with Crippen molar-refractivity contribution in [3.63, 3.8) is 0 Å². The van der Waals surface area contributed by atoms with E-state index in [1.54, 1.807) is 18.2 Å². The highest BCUT2D eigenvalue weighted by atomic mass is 16.7. The standard InChI is InChI=1S/C14H19BO3/c1-13(2)14(3,4)18-15(17-13)9-8-11-6-5-7-12(16)10-11/h5-10,16H,1-4H3. The number of benzene rings is 1. The molecule has 0 aliphatic carbocycles. The number of phenols is 1. The zero-order valence-electron chi connectivity index (χ0n) is 11.3. The summed E-state index contributed by atoms with van der Waals surface area (Å²) in [6.45, 7) is 8.09. The van der Waals surface area contributed by atoms with Crippen LogP contribution in [0.2, 0.25) is 0 Å². The summed E-state index contributed by atoms with van der Waals surface area (Å²) < 4.78 is 11.7. The minimum atomic E-state index is -0.350. The van der Waals surface area contributed by atoms with Crippen LogP contribution in [-0.2, 0) is 9.31 Å². The molecule has 18 heavy (non-hydrogen) atoms. The molecule has 1 aliphatic rings. The minimum Gasteiger partial charge on any atom is -0.508 e. The van der Waals surface area contributed by atoms with Crippen molar-refractivity contribution in [3.05, 3.63) is 35.8 Å². The molecule has 0 unspecified atom stereocenters. The van der Waals surface area contributed by atoms with Gasteiger partial charge in [0.1, 0.15) is 5.75 Å². The highest BCUT2D eigenvalue weighted by molar-refractivity contribution is 6.52. The molecule has 0 radical (unpaired) electrons. The van der Waals surface area contributed by atoms with Gasteiger partial charge in [-0.25, -0.2) is 0 Å². The molecule has 1 fully saturated rings. The molecule has 0 spiro atoms. The third-order valence-electron chi connectivity index (χ3n) is 3.59. The van der Waals surface area contributed by atoms with Gasteiger partial charge >= 0.3 is 7.12 Å². The Bertz CT molecular complexity index is 450. The highest BCUT2D eigenvalue weighted by Gasteiger charge is 2.49. The molecule has 4 heteroatoms. The van der Waals surface area contributed by atoms with E-state index in [1.807, 2.05) is 45.8 Å².